The quantitative estimate of drug-likeness (QED) is 0.706. The number of carbonyl (C=O) groups excluding carboxylic acids is 2. The second kappa shape index (κ2) is 8.76. The standard InChI is InChI=1S/C16H22BrN3O3/c1-23-14-7-6-11(17)10-13(14)20-16(22)18-9-8-15(21)19-12-4-2-3-5-12/h6-7,10,12H,2-5,8-9H2,1H3,(H,19,21)(H2,18,20,22). The molecule has 1 fully saturated rings. The number of rotatable bonds is 6. The van der Waals surface area contributed by atoms with Gasteiger partial charge in [0.1, 0.15) is 5.75 Å². The van der Waals surface area contributed by atoms with Crippen LogP contribution in [0, 0.1) is 0 Å². The molecule has 0 unspecified atom stereocenters. The van der Waals surface area contributed by atoms with Crippen LogP contribution in [-0.2, 0) is 4.79 Å². The number of hydrogen-bond donors (Lipinski definition) is 3. The van der Waals surface area contributed by atoms with Crippen molar-refractivity contribution in [2.45, 2.75) is 38.1 Å². The van der Waals surface area contributed by atoms with Crippen LogP contribution in [0.2, 0.25) is 0 Å². The largest absolute Gasteiger partial charge is 0.495 e. The van der Waals surface area contributed by atoms with Crippen molar-refractivity contribution >= 4 is 33.6 Å². The molecule has 0 aliphatic heterocycles. The Bertz CT molecular complexity index is 560. The molecule has 7 heteroatoms. The smallest absolute Gasteiger partial charge is 0.319 e. The fraction of sp³-hybridized carbons (Fsp3) is 0.500. The highest BCUT2D eigenvalue weighted by Crippen LogP contribution is 2.27. The molecule has 0 aromatic heterocycles. The molecular formula is C16H22BrN3O3. The molecule has 126 valence electrons. The number of anilines is 1. The topological polar surface area (TPSA) is 79.5 Å². The highest BCUT2D eigenvalue weighted by atomic mass is 79.9. The Labute approximate surface area is 144 Å². The number of ether oxygens (including phenoxy) is 1. The number of urea groups is 1. The maximum Gasteiger partial charge on any atom is 0.319 e. The molecular weight excluding hydrogens is 362 g/mol. The first-order valence-corrected chi connectivity index (χ1v) is 8.55. The van der Waals surface area contributed by atoms with E-state index in [-0.39, 0.29) is 18.4 Å². The first-order valence-electron chi connectivity index (χ1n) is 7.76. The first-order chi connectivity index (χ1) is 11.1. The van der Waals surface area contributed by atoms with Gasteiger partial charge >= 0.3 is 6.03 Å². The monoisotopic (exact) mass is 383 g/mol. The number of amides is 3. The summed E-state index contributed by atoms with van der Waals surface area (Å²) >= 11 is 3.35. The fourth-order valence-corrected chi connectivity index (χ4v) is 2.97. The van der Waals surface area contributed by atoms with E-state index >= 15 is 0 Å². The molecule has 0 radical (unpaired) electrons. The predicted molar refractivity (Wildman–Crippen MR) is 92.7 cm³/mol. The van der Waals surface area contributed by atoms with Gasteiger partial charge in [0.25, 0.3) is 0 Å². The Balaban J connectivity index is 1.72. The van der Waals surface area contributed by atoms with E-state index in [0.29, 0.717) is 24.0 Å². The number of nitrogens with one attached hydrogen (secondary N) is 3. The first kappa shape index (κ1) is 17.6. The second-order valence-electron chi connectivity index (χ2n) is 5.52. The van der Waals surface area contributed by atoms with Gasteiger partial charge in [0, 0.05) is 23.5 Å². The van der Waals surface area contributed by atoms with Crippen LogP contribution < -0.4 is 20.7 Å². The minimum Gasteiger partial charge on any atom is -0.495 e. The predicted octanol–water partition coefficient (Wildman–Crippen LogP) is 3.03. The third-order valence-corrected chi connectivity index (χ3v) is 4.26. The van der Waals surface area contributed by atoms with Gasteiger partial charge in [-0.05, 0) is 31.0 Å². The molecule has 1 aliphatic rings. The van der Waals surface area contributed by atoms with E-state index in [0.717, 1.165) is 17.3 Å². The molecule has 1 saturated carbocycles. The minimum absolute atomic E-state index is 0.0164. The van der Waals surface area contributed by atoms with Gasteiger partial charge in [-0.15, -0.1) is 0 Å². The molecule has 1 aromatic carbocycles. The van der Waals surface area contributed by atoms with Gasteiger partial charge in [-0.2, -0.15) is 0 Å². The molecule has 1 aromatic rings. The van der Waals surface area contributed by atoms with Gasteiger partial charge in [-0.25, -0.2) is 4.79 Å². The molecule has 0 atom stereocenters. The lowest BCUT2D eigenvalue weighted by molar-refractivity contribution is -0.121. The zero-order chi connectivity index (χ0) is 16.7. The van der Waals surface area contributed by atoms with Gasteiger partial charge in [0.15, 0.2) is 0 Å². The van der Waals surface area contributed by atoms with E-state index in [4.69, 9.17) is 4.74 Å². The number of carbonyl (C=O) groups is 2. The maximum absolute atomic E-state index is 11.9. The normalized spacial score (nSPS) is 14.3. The van der Waals surface area contributed by atoms with Gasteiger partial charge in [0.05, 0.1) is 12.8 Å². The van der Waals surface area contributed by atoms with E-state index in [1.807, 2.05) is 6.07 Å². The summed E-state index contributed by atoms with van der Waals surface area (Å²) in [6, 6.07) is 5.28. The van der Waals surface area contributed by atoms with Crippen LogP contribution in [0.1, 0.15) is 32.1 Å². The number of halogens is 1. The van der Waals surface area contributed by atoms with Crippen LogP contribution in [0.15, 0.2) is 22.7 Å². The van der Waals surface area contributed by atoms with E-state index in [2.05, 4.69) is 31.9 Å². The second-order valence-corrected chi connectivity index (χ2v) is 6.44. The molecule has 0 heterocycles. The summed E-state index contributed by atoms with van der Waals surface area (Å²) < 4.78 is 6.03. The van der Waals surface area contributed by atoms with E-state index in [9.17, 15) is 9.59 Å². The van der Waals surface area contributed by atoms with Crippen molar-refractivity contribution in [3.05, 3.63) is 22.7 Å². The van der Waals surface area contributed by atoms with Crippen LogP contribution in [0.3, 0.4) is 0 Å². The van der Waals surface area contributed by atoms with Crippen molar-refractivity contribution in [2.24, 2.45) is 0 Å². The van der Waals surface area contributed by atoms with E-state index in [1.54, 1.807) is 19.2 Å². The molecule has 3 N–H and O–H groups in total. The molecule has 23 heavy (non-hydrogen) atoms. The summed E-state index contributed by atoms with van der Waals surface area (Å²) in [5.41, 5.74) is 0.565. The lowest BCUT2D eigenvalue weighted by Gasteiger charge is -2.13. The van der Waals surface area contributed by atoms with E-state index < -0.39 is 0 Å². The molecule has 0 spiro atoms. The molecule has 1 aliphatic carbocycles. The van der Waals surface area contributed by atoms with Crippen LogP contribution >= 0.6 is 15.9 Å². The summed E-state index contributed by atoms with van der Waals surface area (Å²) in [4.78, 5) is 23.7. The minimum atomic E-state index is -0.366. The summed E-state index contributed by atoms with van der Waals surface area (Å²) in [5, 5.41) is 8.38. The third kappa shape index (κ3) is 5.74. The Hall–Kier alpha value is -1.76. The van der Waals surface area contributed by atoms with E-state index in [1.165, 1.54) is 12.8 Å². The Morgan fingerprint density at radius 2 is 2.04 bits per heavy atom. The van der Waals surface area contributed by atoms with Crippen molar-refractivity contribution in [1.29, 1.82) is 0 Å². The molecule has 3 amide bonds. The zero-order valence-electron chi connectivity index (χ0n) is 13.2. The Morgan fingerprint density at radius 1 is 1.30 bits per heavy atom. The summed E-state index contributed by atoms with van der Waals surface area (Å²) in [6.45, 7) is 0.292. The number of benzene rings is 1. The maximum atomic E-state index is 11.9. The van der Waals surface area contributed by atoms with Gasteiger partial charge < -0.3 is 20.7 Å². The van der Waals surface area contributed by atoms with Gasteiger partial charge in [-0.1, -0.05) is 28.8 Å². The van der Waals surface area contributed by atoms with Crippen LogP contribution in [0.5, 0.6) is 5.75 Å². The Kier molecular flexibility index (Phi) is 6.70. The summed E-state index contributed by atoms with van der Waals surface area (Å²) in [6.07, 6.45) is 4.75. The number of methoxy groups -OCH3 is 1. The van der Waals surface area contributed by atoms with Crippen molar-refractivity contribution in [1.82, 2.24) is 10.6 Å². The molecule has 0 saturated heterocycles. The van der Waals surface area contributed by atoms with Crippen molar-refractivity contribution < 1.29 is 14.3 Å². The average Bonchev–Trinajstić information content (AvgIpc) is 3.00. The molecule has 2 rings (SSSR count). The fourth-order valence-electron chi connectivity index (χ4n) is 2.60. The summed E-state index contributed by atoms with van der Waals surface area (Å²) in [5.74, 6) is 0.555. The zero-order valence-corrected chi connectivity index (χ0v) is 14.7. The van der Waals surface area contributed by atoms with Crippen molar-refractivity contribution in [3.63, 3.8) is 0 Å². The van der Waals surface area contributed by atoms with Gasteiger partial charge in [-0.3, -0.25) is 4.79 Å². The summed E-state index contributed by atoms with van der Waals surface area (Å²) in [7, 11) is 1.54. The molecule has 6 nitrogen and oxygen atoms in total. The Morgan fingerprint density at radius 3 is 2.74 bits per heavy atom. The van der Waals surface area contributed by atoms with Crippen molar-refractivity contribution in [2.75, 3.05) is 19.0 Å². The highest BCUT2D eigenvalue weighted by Gasteiger charge is 2.16. The molecule has 0 bridgehead atoms. The SMILES string of the molecule is COc1ccc(Br)cc1NC(=O)NCCC(=O)NC1CCCC1. The van der Waals surface area contributed by atoms with Crippen LogP contribution in [0.4, 0.5) is 10.5 Å². The van der Waals surface area contributed by atoms with Crippen LogP contribution in [0.25, 0.3) is 0 Å². The lowest BCUT2D eigenvalue weighted by Crippen LogP contribution is -2.36. The highest BCUT2D eigenvalue weighted by molar-refractivity contribution is 9.10. The van der Waals surface area contributed by atoms with Gasteiger partial charge in [0.2, 0.25) is 5.91 Å². The third-order valence-electron chi connectivity index (χ3n) is 3.77. The number of hydrogen-bond acceptors (Lipinski definition) is 3. The lowest BCUT2D eigenvalue weighted by atomic mass is 10.2. The van der Waals surface area contributed by atoms with Crippen molar-refractivity contribution in [3.8, 4) is 5.75 Å². The average molecular weight is 384 g/mol. The van der Waals surface area contributed by atoms with Crippen LogP contribution in [-0.4, -0.2) is 31.6 Å².